The number of epoxide rings is 1. The molecule has 1 aromatic rings. The third kappa shape index (κ3) is 1.91. The van der Waals surface area contributed by atoms with Crippen LogP contribution in [0.25, 0.3) is 0 Å². The molecule has 1 saturated heterocycles. The highest BCUT2D eigenvalue weighted by molar-refractivity contribution is 6.30. The number of rotatable bonds is 1. The van der Waals surface area contributed by atoms with E-state index in [1.54, 1.807) is 12.1 Å². The number of alkyl halides is 2. The summed E-state index contributed by atoms with van der Waals surface area (Å²) in [6.07, 6.45) is -0.253. The summed E-state index contributed by atoms with van der Waals surface area (Å²) in [7, 11) is 0. The minimum absolute atomic E-state index is 0.0410. The molecule has 3 rings (SSSR count). The van der Waals surface area contributed by atoms with Crippen molar-refractivity contribution in [3.8, 4) is 0 Å². The van der Waals surface area contributed by atoms with Crippen LogP contribution in [0.15, 0.2) is 18.2 Å². The number of ether oxygens (including phenoxy) is 1. The number of hydrogen-bond donors (Lipinski definition) is 0. The number of hydrogen-bond acceptors (Lipinski definition) is 1. The van der Waals surface area contributed by atoms with E-state index in [-0.39, 0.29) is 30.7 Å². The summed E-state index contributed by atoms with van der Waals surface area (Å²) in [5.74, 6) is -3.10. The van der Waals surface area contributed by atoms with E-state index >= 15 is 0 Å². The van der Waals surface area contributed by atoms with Crippen LogP contribution in [0.5, 0.6) is 0 Å². The highest BCUT2D eigenvalue weighted by Crippen LogP contribution is 2.60. The maximum atomic E-state index is 13.8. The highest BCUT2D eigenvalue weighted by atomic mass is 35.5. The van der Waals surface area contributed by atoms with Gasteiger partial charge in [0.05, 0.1) is 10.6 Å². The zero-order chi connectivity index (χ0) is 13.0. The highest BCUT2D eigenvalue weighted by Gasteiger charge is 2.61. The summed E-state index contributed by atoms with van der Waals surface area (Å²) < 4.78 is 45.5. The van der Waals surface area contributed by atoms with Crippen molar-refractivity contribution in [2.24, 2.45) is 0 Å². The van der Waals surface area contributed by atoms with E-state index in [4.69, 9.17) is 16.3 Å². The summed E-state index contributed by atoms with van der Waals surface area (Å²) in [4.78, 5) is 0. The van der Waals surface area contributed by atoms with Gasteiger partial charge in [-0.1, -0.05) is 23.7 Å². The quantitative estimate of drug-likeness (QED) is 0.688. The van der Waals surface area contributed by atoms with Crippen molar-refractivity contribution in [2.75, 3.05) is 0 Å². The van der Waals surface area contributed by atoms with E-state index in [0.717, 1.165) is 0 Å². The minimum Gasteiger partial charge on any atom is -0.361 e. The van der Waals surface area contributed by atoms with E-state index in [1.165, 1.54) is 6.07 Å². The standard InChI is InChI=1S/C13H12ClF3O/c14-9-3-1-2-8(10(9)15)11-12(18-11)4-6-13(16,17)7-5-12/h1-3,11H,4-7H2. The van der Waals surface area contributed by atoms with Gasteiger partial charge in [-0.15, -0.1) is 0 Å². The summed E-state index contributed by atoms with van der Waals surface area (Å²) in [6, 6.07) is 4.71. The maximum Gasteiger partial charge on any atom is 0.248 e. The first-order chi connectivity index (χ1) is 8.44. The first-order valence-electron chi connectivity index (χ1n) is 5.93. The SMILES string of the molecule is Fc1c(Cl)cccc1C1OC12CCC(F)(F)CC2. The Balaban J connectivity index is 1.80. The lowest BCUT2D eigenvalue weighted by Gasteiger charge is -2.26. The second-order valence-corrected chi connectivity index (χ2v) is 5.47. The molecular weight excluding hydrogens is 265 g/mol. The fraction of sp³-hybridized carbons (Fsp3) is 0.538. The first-order valence-corrected chi connectivity index (χ1v) is 6.31. The van der Waals surface area contributed by atoms with Gasteiger partial charge in [-0.2, -0.15) is 0 Å². The van der Waals surface area contributed by atoms with E-state index < -0.39 is 23.4 Å². The average Bonchev–Trinajstić information content (AvgIpc) is 3.02. The Morgan fingerprint density at radius 3 is 2.50 bits per heavy atom. The van der Waals surface area contributed by atoms with Crippen LogP contribution in [0.3, 0.4) is 0 Å². The van der Waals surface area contributed by atoms with Crippen LogP contribution in [0.1, 0.15) is 37.4 Å². The fourth-order valence-electron chi connectivity index (χ4n) is 2.69. The van der Waals surface area contributed by atoms with Gasteiger partial charge in [0, 0.05) is 18.4 Å². The second kappa shape index (κ2) is 3.87. The van der Waals surface area contributed by atoms with E-state index in [0.29, 0.717) is 5.56 Å². The molecule has 18 heavy (non-hydrogen) atoms. The predicted octanol–water partition coefficient (Wildman–Crippen LogP) is 4.50. The number of halogens is 4. The summed E-state index contributed by atoms with van der Waals surface area (Å²) >= 11 is 5.71. The molecule has 0 amide bonds. The van der Waals surface area contributed by atoms with Gasteiger partial charge in [-0.05, 0) is 18.9 Å². The van der Waals surface area contributed by atoms with Crippen molar-refractivity contribution >= 4 is 11.6 Å². The third-order valence-corrected chi connectivity index (χ3v) is 4.16. The molecule has 1 aromatic carbocycles. The average molecular weight is 277 g/mol. The number of benzene rings is 1. The van der Waals surface area contributed by atoms with Gasteiger partial charge in [0.2, 0.25) is 5.92 Å². The molecule has 98 valence electrons. The summed E-state index contributed by atoms with van der Waals surface area (Å²) in [6.45, 7) is 0. The molecule has 1 atom stereocenters. The van der Waals surface area contributed by atoms with Crippen LogP contribution in [-0.4, -0.2) is 11.5 Å². The molecule has 1 aliphatic heterocycles. The topological polar surface area (TPSA) is 12.5 Å². The van der Waals surface area contributed by atoms with Gasteiger partial charge in [0.25, 0.3) is 0 Å². The lowest BCUT2D eigenvalue weighted by atomic mass is 9.82. The van der Waals surface area contributed by atoms with Crippen LogP contribution in [0.4, 0.5) is 13.2 Å². The molecule has 1 nitrogen and oxygen atoms in total. The lowest BCUT2D eigenvalue weighted by Crippen LogP contribution is -2.30. The minimum atomic E-state index is -2.60. The summed E-state index contributed by atoms with van der Waals surface area (Å²) in [5, 5.41) is 0.0410. The van der Waals surface area contributed by atoms with Crippen LogP contribution >= 0.6 is 11.6 Å². The Morgan fingerprint density at radius 1 is 1.17 bits per heavy atom. The monoisotopic (exact) mass is 276 g/mol. The Hall–Kier alpha value is -0.740. The van der Waals surface area contributed by atoms with Gasteiger partial charge in [-0.25, -0.2) is 13.2 Å². The van der Waals surface area contributed by atoms with E-state index in [2.05, 4.69) is 0 Å². The van der Waals surface area contributed by atoms with Gasteiger partial charge in [-0.3, -0.25) is 0 Å². The summed E-state index contributed by atoms with van der Waals surface area (Å²) in [5.41, 5.74) is -0.208. The Labute approximate surface area is 108 Å². The van der Waals surface area contributed by atoms with Crippen LogP contribution in [0, 0.1) is 5.82 Å². The molecule has 2 fully saturated rings. The molecule has 2 aliphatic rings. The molecule has 5 heteroatoms. The second-order valence-electron chi connectivity index (χ2n) is 5.06. The van der Waals surface area contributed by atoms with Crippen LogP contribution in [0.2, 0.25) is 5.02 Å². The van der Waals surface area contributed by atoms with Crippen LogP contribution < -0.4 is 0 Å². The molecule has 1 aliphatic carbocycles. The van der Waals surface area contributed by atoms with Crippen molar-refractivity contribution < 1.29 is 17.9 Å². The molecule has 0 bridgehead atoms. The normalized spacial score (nSPS) is 28.3. The Morgan fingerprint density at radius 2 is 1.83 bits per heavy atom. The van der Waals surface area contributed by atoms with Crippen molar-refractivity contribution in [1.29, 1.82) is 0 Å². The van der Waals surface area contributed by atoms with Crippen molar-refractivity contribution in [2.45, 2.75) is 43.3 Å². The van der Waals surface area contributed by atoms with E-state index in [9.17, 15) is 13.2 Å². The first kappa shape index (κ1) is 12.3. The smallest absolute Gasteiger partial charge is 0.248 e. The third-order valence-electron chi connectivity index (χ3n) is 3.86. The molecule has 1 unspecified atom stereocenters. The van der Waals surface area contributed by atoms with Gasteiger partial charge in [0.15, 0.2) is 0 Å². The zero-order valence-electron chi connectivity index (χ0n) is 9.56. The van der Waals surface area contributed by atoms with E-state index in [1.807, 2.05) is 0 Å². The zero-order valence-corrected chi connectivity index (χ0v) is 10.3. The fourth-order valence-corrected chi connectivity index (χ4v) is 2.87. The molecule has 1 heterocycles. The van der Waals surface area contributed by atoms with Crippen molar-refractivity contribution in [3.63, 3.8) is 0 Å². The predicted molar refractivity (Wildman–Crippen MR) is 61.4 cm³/mol. The largest absolute Gasteiger partial charge is 0.361 e. The van der Waals surface area contributed by atoms with Crippen LogP contribution in [-0.2, 0) is 4.74 Å². The molecule has 0 radical (unpaired) electrons. The van der Waals surface area contributed by atoms with Gasteiger partial charge < -0.3 is 4.74 Å². The molecule has 1 saturated carbocycles. The lowest BCUT2D eigenvalue weighted by molar-refractivity contribution is -0.0508. The Kier molecular flexibility index (Phi) is 2.65. The van der Waals surface area contributed by atoms with Crippen molar-refractivity contribution in [1.82, 2.24) is 0 Å². The van der Waals surface area contributed by atoms with Gasteiger partial charge in [0.1, 0.15) is 11.9 Å². The Bertz CT molecular complexity index is 479. The molecule has 0 aromatic heterocycles. The molecular formula is C13H12ClF3O. The molecule has 1 spiro atoms. The molecule has 0 N–H and O–H groups in total. The van der Waals surface area contributed by atoms with Crippen molar-refractivity contribution in [3.05, 3.63) is 34.6 Å². The van der Waals surface area contributed by atoms with Gasteiger partial charge >= 0.3 is 0 Å². The maximum absolute atomic E-state index is 13.8.